The maximum absolute atomic E-state index is 5.87. The quantitative estimate of drug-likeness (QED) is 0.717. The third-order valence-corrected chi connectivity index (χ3v) is 3.68. The summed E-state index contributed by atoms with van der Waals surface area (Å²) >= 11 is 0. The van der Waals surface area contributed by atoms with Gasteiger partial charge >= 0.3 is 0 Å². The van der Waals surface area contributed by atoms with Crippen molar-refractivity contribution in [2.75, 3.05) is 11.9 Å². The standard InChI is InChI=1S/C16H14N2O/c1-2-6-13-11(5-1)9-12(10-17-13)16-18-14-7-3-4-8-15(14)19-16/h1-8,12,17H,9-10H2. The molecule has 0 bridgehead atoms. The Labute approximate surface area is 111 Å². The highest BCUT2D eigenvalue weighted by Crippen LogP contribution is 2.31. The highest BCUT2D eigenvalue weighted by molar-refractivity contribution is 5.72. The smallest absolute Gasteiger partial charge is 0.200 e. The number of hydrogen-bond donors (Lipinski definition) is 1. The van der Waals surface area contributed by atoms with Crippen LogP contribution in [0.5, 0.6) is 0 Å². The molecule has 0 fully saturated rings. The number of fused-ring (bicyclic) bond motifs is 2. The number of para-hydroxylation sites is 3. The highest BCUT2D eigenvalue weighted by Gasteiger charge is 2.23. The third kappa shape index (κ3) is 1.78. The van der Waals surface area contributed by atoms with E-state index in [1.54, 1.807) is 0 Å². The molecule has 1 unspecified atom stereocenters. The third-order valence-electron chi connectivity index (χ3n) is 3.68. The Morgan fingerprint density at radius 2 is 1.89 bits per heavy atom. The molecule has 0 aliphatic carbocycles. The maximum atomic E-state index is 5.87. The topological polar surface area (TPSA) is 38.1 Å². The summed E-state index contributed by atoms with van der Waals surface area (Å²) in [6, 6.07) is 16.4. The van der Waals surface area contributed by atoms with Crippen LogP contribution in [0.1, 0.15) is 17.4 Å². The van der Waals surface area contributed by atoms with Crippen LogP contribution in [0.3, 0.4) is 0 Å². The summed E-state index contributed by atoms with van der Waals surface area (Å²) in [5.74, 6) is 1.14. The number of nitrogens with zero attached hydrogens (tertiary/aromatic N) is 1. The van der Waals surface area contributed by atoms with Crippen LogP contribution in [0.15, 0.2) is 52.9 Å². The monoisotopic (exact) mass is 250 g/mol. The molecule has 1 aliphatic heterocycles. The summed E-state index contributed by atoms with van der Waals surface area (Å²) < 4.78 is 5.87. The van der Waals surface area contributed by atoms with E-state index in [4.69, 9.17) is 4.42 Å². The van der Waals surface area contributed by atoms with Crippen molar-refractivity contribution < 1.29 is 4.42 Å². The second-order valence-electron chi connectivity index (χ2n) is 4.96. The zero-order valence-electron chi connectivity index (χ0n) is 10.5. The van der Waals surface area contributed by atoms with Crippen molar-refractivity contribution in [1.29, 1.82) is 0 Å². The minimum Gasteiger partial charge on any atom is -0.440 e. The van der Waals surface area contributed by atoms with Gasteiger partial charge in [-0.1, -0.05) is 30.3 Å². The van der Waals surface area contributed by atoms with Crippen LogP contribution < -0.4 is 5.32 Å². The van der Waals surface area contributed by atoms with Gasteiger partial charge in [0.05, 0.1) is 5.92 Å². The van der Waals surface area contributed by atoms with E-state index >= 15 is 0 Å². The zero-order chi connectivity index (χ0) is 12.7. The Kier molecular flexibility index (Phi) is 2.30. The lowest BCUT2D eigenvalue weighted by Crippen LogP contribution is -2.21. The van der Waals surface area contributed by atoms with Gasteiger partial charge in [0.1, 0.15) is 5.52 Å². The number of hydrogen-bond acceptors (Lipinski definition) is 3. The van der Waals surface area contributed by atoms with E-state index in [0.717, 1.165) is 30.0 Å². The Morgan fingerprint density at radius 1 is 1.05 bits per heavy atom. The normalized spacial score (nSPS) is 18.0. The predicted molar refractivity (Wildman–Crippen MR) is 75.4 cm³/mol. The average Bonchev–Trinajstić information content (AvgIpc) is 2.90. The molecule has 0 radical (unpaired) electrons. The van der Waals surface area contributed by atoms with E-state index in [-0.39, 0.29) is 0 Å². The molecule has 0 saturated carbocycles. The number of nitrogens with one attached hydrogen (secondary N) is 1. The molecule has 0 amide bonds. The van der Waals surface area contributed by atoms with E-state index in [9.17, 15) is 0 Å². The summed E-state index contributed by atoms with van der Waals surface area (Å²) in [6.07, 6.45) is 0.982. The van der Waals surface area contributed by atoms with Crippen molar-refractivity contribution in [3.63, 3.8) is 0 Å². The Morgan fingerprint density at radius 3 is 2.84 bits per heavy atom. The molecule has 1 aromatic heterocycles. The van der Waals surface area contributed by atoms with Crippen molar-refractivity contribution in [1.82, 2.24) is 4.98 Å². The first-order chi connectivity index (χ1) is 9.40. The molecule has 3 aromatic rings. The zero-order valence-corrected chi connectivity index (χ0v) is 10.5. The van der Waals surface area contributed by atoms with Gasteiger partial charge in [-0.05, 0) is 30.2 Å². The molecule has 1 atom stereocenters. The van der Waals surface area contributed by atoms with Crippen LogP contribution >= 0.6 is 0 Å². The van der Waals surface area contributed by atoms with Gasteiger partial charge in [-0.15, -0.1) is 0 Å². The van der Waals surface area contributed by atoms with Crippen LogP contribution in [-0.4, -0.2) is 11.5 Å². The molecule has 2 aromatic carbocycles. The molecule has 3 nitrogen and oxygen atoms in total. The molecule has 19 heavy (non-hydrogen) atoms. The Hall–Kier alpha value is -2.29. The van der Waals surface area contributed by atoms with E-state index in [1.165, 1.54) is 11.3 Å². The maximum Gasteiger partial charge on any atom is 0.200 e. The SMILES string of the molecule is c1ccc2c(c1)CC(c1nc3ccccc3o1)CN2. The first-order valence-corrected chi connectivity index (χ1v) is 6.57. The van der Waals surface area contributed by atoms with Crippen LogP contribution in [0, 0.1) is 0 Å². The van der Waals surface area contributed by atoms with Gasteiger partial charge in [-0.25, -0.2) is 4.98 Å². The van der Waals surface area contributed by atoms with Crippen molar-refractivity contribution >= 4 is 16.8 Å². The lowest BCUT2D eigenvalue weighted by molar-refractivity contribution is 0.471. The summed E-state index contributed by atoms with van der Waals surface area (Å²) in [6.45, 7) is 0.879. The number of benzene rings is 2. The molecule has 94 valence electrons. The summed E-state index contributed by atoms with van der Waals surface area (Å²) in [5.41, 5.74) is 4.38. The van der Waals surface area contributed by atoms with Gasteiger partial charge in [0, 0.05) is 12.2 Å². The van der Waals surface area contributed by atoms with Gasteiger partial charge in [0.2, 0.25) is 5.89 Å². The second-order valence-corrected chi connectivity index (χ2v) is 4.96. The number of aromatic nitrogens is 1. The minimum absolute atomic E-state index is 0.308. The largest absolute Gasteiger partial charge is 0.440 e. The summed E-state index contributed by atoms with van der Waals surface area (Å²) in [5, 5.41) is 3.46. The lowest BCUT2D eigenvalue weighted by atomic mass is 9.94. The van der Waals surface area contributed by atoms with Crippen molar-refractivity contribution in [3.8, 4) is 0 Å². The van der Waals surface area contributed by atoms with E-state index < -0.39 is 0 Å². The average molecular weight is 250 g/mol. The van der Waals surface area contributed by atoms with Gasteiger partial charge in [-0.3, -0.25) is 0 Å². The summed E-state index contributed by atoms with van der Waals surface area (Å²) in [4.78, 5) is 4.60. The minimum atomic E-state index is 0.308. The van der Waals surface area contributed by atoms with Gasteiger partial charge < -0.3 is 9.73 Å². The second kappa shape index (κ2) is 4.12. The molecule has 4 rings (SSSR count). The summed E-state index contributed by atoms with van der Waals surface area (Å²) in [7, 11) is 0. The van der Waals surface area contributed by atoms with Crippen LogP contribution in [-0.2, 0) is 6.42 Å². The van der Waals surface area contributed by atoms with E-state index in [1.807, 2.05) is 24.3 Å². The Bertz CT molecular complexity index is 699. The lowest BCUT2D eigenvalue weighted by Gasteiger charge is -2.23. The Balaban J connectivity index is 1.70. The molecule has 3 heteroatoms. The van der Waals surface area contributed by atoms with E-state index in [2.05, 4.69) is 34.6 Å². The van der Waals surface area contributed by atoms with Crippen molar-refractivity contribution in [2.24, 2.45) is 0 Å². The fourth-order valence-corrected chi connectivity index (χ4v) is 2.68. The fourth-order valence-electron chi connectivity index (χ4n) is 2.68. The molecular weight excluding hydrogens is 236 g/mol. The van der Waals surface area contributed by atoms with Crippen molar-refractivity contribution in [2.45, 2.75) is 12.3 Å². The molecule has 1 N–H and O–H groups in total. The fraction of sp³-hybridized carbons (Fsp3) is 0.188. The first-order valence-electron chi connectivity index (χ1n) is 6.57. The molecule has 2 heterocycles. The van der Waals surface area contributed by atoms with Gasteiger partial charge in [-0.2, -0.15) is 0 Å². The predicted octanol–water partition coefficient (Wildman–Crippen LogP) is 3.58. The van der Waals surface area contributed by atoms with Crippen molar-refractivity contribution in [3.05, 3.63) is 60.0 Å². The highest BCUT2D eigenvalue weighted by atomic mass is 16.3. The molecule has 1 aliphatic rings. The van der Waals surface area contributed by atoms with Crippen LogP contribution in [0.25, 0.3) is 11.1 Å². The van der Waals surface area contributed by atoms with E-state index in [0.29, 0.717) is 5.92 Å². The van der Waals surface area contributed by atoms with Crippen LogP contribution in [0.2, 0.25) is 0 Å². The van der Waals surface area contributed by atoms with Gasteiger partial charge in [0.15, 0.2) is 5.58 Å². The molecule has 0 saturated heterocycles. The van der Waals surface area contributed by atoms with Crippen LogP contribution in [0.4, 0.5) is 5.69 Å². The number of anilines is 1. The number of rotatable bonds is 1. The molecular formula is C16H14N2O. The van der Waals surface area contributed by atoms with Gasteiger partial charge in [0.25, 0.3) is 0 Å². The number of oxazole rings is 1. The first kappa shape index (κ1) is 10.6. The molecule has 0 spiro atoms.